The number of carbonyl (C=O) groups excluding carboxylic acids is 1. The van der Waals surface area contributed by atoms with E-state index in [9.17, 15) is 9.18 Å². The molecule has 0 atom stereocenters. The lowest BCUT2D eigenvalue weighted by molar-refractivity contribution is 0.0366. The number of hydrogen-bond donors (Lipinski definition) is 0. The Hall–Kier alpha value is -3.41. The molecule has 142 valence electrons. The Kier molecular flexibility index (Phi) is 4.69. The number of pyridine rings is 1. The maximum absolute atomic E-state index is 13.3. The summed E-state index contributed by atoms with van der Waals surface area (Å²) < 4.78 is 22.6. The summed E-state index contributed by atoms with van der Waals surface area (Å²) in [6, 6.07) is 13.9. The van der Waals surface area contributed by atoms with Crippen LogP contribution in [0, 0.1) is 5.82 Å². The van der Waals surface area contributed by atoms with Crippen molar-refractivity contribution in [1.29, 1.82) is 0 Å². The predicted molar refractivity (Wildman–Crippen MR) is 105 cm³/mol. The lowest BCUT2D eigenvalue weighted by Crippen LogP contribution is -2.16. The van der Waals surface area contributed by atoms with E-state index in [-0.39, 0.29) is 17.9 Å². The first-order chi connectivity index (χ1) is 13.5. The zero-order valence-electron chi connectivity index (χ0n) is 15.7. The van der Waals surface area contributed by atoms with E-state index in [1.807, 2.05) is 53.4 Å². The zero-order valence-corrected chi connectivity index (χ0v) is 15.7. The van der Waals surface area contributed by atoms with Crippen LogP contribution in [0.15, 0.2) is 67.1 Å². The largest absolute Gasteiger partial charge is 0.458 e. The number of rotatable bonds is 5. The number of ether oxygens (including phenoxy) is 1. The molecule has 3 aromatic heterocycles. The van der Waals surface area contributed by atoms with E-state index >= 15 is 0 Å². The van der Waals surface area contributed by atoms with Gasteiger partial charge in [-0.25, -0.2) is 9.18 Å². The Labute approximate surface area is 162 Å². The highest BCUT2D eigenvalue weighted by Gasteiger charge is 2.20. The Morgan fingerprint density at radius 2 is 1.79 bits per heavy atom. The standard InChI is InChI=1S/C22H20FN3O2/c1-15(2)28-22(27)21-13-20-19(26(21)14-16-7-10-24-11-8-16)9-12-25(20)18-5-3-17(23)4-6-18/h3-13,15H,14H2,1-2H3. The first kappa shape index (κ1) is 18.0. The highest BCUT2D eigenvalue weighted by molar-refractivity contribution is 5.95. The third kappa shape index (κ3) is 3.41. The van der Waals surface area contributed by atoms with Crippen molar-refractivity contribution in [2.75, 3.05) is 0 Å². The summed E-state index contributed by atoms with van der Waals surface area (Å²) in [5.41, 5.74) is 4.09. The first-order valence-electron chi connectivity index (χ1n) is 9.09. The van der Waals surface area contributed by atoms with E-state index < -0.39 is 0 Å². The number of esters is 1. The molecule has 4 rings (SSSR count). The molecule has 0 N–H and O–H groups in total. The van der Waals surface area contributed by atoms with Crippen molar-refractivity contribution in [3.8, 4) is 5.69 Å². The summed E-state index contributed by atoms with van der Waals surface area (Å²) in [6.45, 7) is 4.17. The van der Waals surface area contributed by atoms with Crippen LogP contribution in [0.4, 0.5) is 4.39 Å². The van der Waals surface area contributed by atoms with Gasteiger partial charge in [0, 0.05) is 30.8 Å². The molecule has 0 bridgehead atoms. The predicted octanol–water partition coefficient (Wildman–Crippen LogP) is 4.58. The van der Waals surface area contributed by atoms with Crippen LogP contribution in [0.1, 0.15) is 29.9 Å². The van der Waals surface area contributed by atoms with Crippen LogP contribution in [0.3, 0.4) is 0 Å². The third-order valence-corrected chi connectivity index (χ3v) is 4.51. The van der Waals surface area contributed by atoms with Crippen molar-refractivity contribution in [3.63, 3.8) is 0 Å². The number of benzene rings is 1. The van der Waals surface area contributed by atoms with E-state index in [1.54, 1.807) is 24.5 Å². The lowest BCUT2D eigenvalue weighted by Gasteiger charge is -2.12. The Balaban J connectivity index is 1.84. The number of carbonyl (C=O) groups is 1. The number of aromatic nitrogens is 3. The number of halogens is 1. The van der Waals surface area contributed by atoms with Gasteiger partial charge in [0.1, 0.15) is 11.5 Å². The van der Waals surface area contributed by atoms with Crippen LogP contribution in [-0.4, -0.2) is 26.2 Å². The fourth-order valence-electron chi connectivity index (χ4n) is 3.25. The van der Waals surface area contributed by atoms with Gasteiger partial charge < -0.3 is 13.9 Å². The van der Waals surface area contributed by atoms with Gasteiger partial charge in [0.05, 0.1) is 17.1 Å². The first-order valence-corrected chi connectivity index (χ1v) is 9.09. The van der Waals surface area contributed by atoms with Crippen LogP contribution < -0.4 is 0 Å². The molecule has 0 saturated carbocycles. The molecule has 28 heavy (non-hydrogen) atoms. The normalized spacial score (nSPS) is 11.3. The van der Waals surface area contributed by atoms with Crippen LogP contribution in [0.2, 0.25) is 0 Å². The minimum absolute atomic E-state index is 0.213. The van der Waals surface area contributed by atoms with Gasteiger partial charge in [-0.2, -0.15) is 0 Å². The molecular weight excluding hydrogens is 357 g/mol. The fraction of sp³-hybridized carbons (Fsp3) is 0.182. The smallest absolute Gasteiger partial charge is 0.355 e. The van der Waals surface area contributed by atoms with Gasteiger partial charge in [0.15, 0.2) is 0 Å². The quantitative estimate of drug-likeness (QED) is 0.478. The second kappa shape index (κ2) is 7.31. The van der Waals surface area contributed by atoms with Crippen molar-refractivity contribution >= 4 is 17.0 Å². The van der Waals surface area contributed by atoms with Crippen molar-refractivity contribution in [1.82, 2.24) is 14.1 Å². The van der Waals surface area contributed by atoms with Crippen molar-refractivity contribution in [3.05, 3.63) is 84.2 Å². The summed E-state index contributed by atoms with van der Waals surface area (Å²) in [5, 5.41) is 0. The summed E-state index contributed by atoms with van der Waals surface area (Å²) in [7, 11) is 0. The highest BCUT2D eigenvalue weighted by Crippen LogP contribution is 2.26. The van der Waals surface area contributed by atoms with E-state index in [0.29, 0.717) is 12.2 Å². The Morgan fingerprint density at radius 3 is 2.46 bits per heavy atom. The van der Waals surface area contributed by atoms with Gasteiger partial charge >= 0.3 is 5.97 Å². The number of fused-ring (bicyclic) bond motifs is 1. The second-order valence-electron chi connectivity index (χ2n) is 6.86. The van der Waals surface area contributed by atoms with E-state index in [1.165, 1.54) is 12.1 Å². The van der Waals surface area contributed by atoms with Crippen molar-refractivity contribution < 1.29 is 13.9 Å². The average molecular weight is 377 g/mol. The van der Waals surface area contributed by atoms with E-state index in [0.717, 1.165) is 22.3 Å². The molecule has 0 fully saturated rings. The summed E-state index contributed by atoms with van der Waals surface area (Å²) in [6.07, 6.45) is 5.16. The van der Waals surface area contributed by atoms with E-state index in [2.05, 4.69) is 4.98 Å². The lowest BCUT2D eigenvalue weighted by atomic mass is 10.2. The number of nitrogens with zero attached hydrogens (tertiary/aromatic N) is 3. The topological polar surface area (TPSA) is 49.0 Å². The molecule has 0 unspecified atom stereocenters. The molecule has 3 heterocycles. The molecular formula is C22H20FN3O2. The number of hydrogen-bond acceptors (Lipinski definition) is 3. The molecule has 1 aromatic carbocycles. The fourth-order valence-corrected chi connectivity index (χ4v) is 3.25. The van der Waals surface area contributed by atoms with Crippen LogP contribution in [0.5, 0.6) is 0 Å². The molecule has 0 radical (unpaired) electrons. The molecule has 0 aliphatic carbocycles. The Bertz CT molecular complexity index is 1110. The van der Waals surface area contributed by atoms with Gasteiger partial charge in [0.2, 0.25) is 0 Å². The molecule has 0 spiro atoms. The van der Waals surface area contributed by atoms with Gasteiger partial charge in [0.25, 0.3) is 0 Å². The minimum atomic E-state index is -0.370. The van der Waals surface area contributed by atoms with Gasteiger partial charge in [-0.3, -0.25) is 4.98 Å². The summed E-state index contributed by atoms with van der Waals surface area (Å²) in [4.78, 5) is 16.8. The zero-order chi connectivity index (χ0) is 19.7. The monoisotopic (exact) mass is 377 g/mol. The molecule has 0 saturated heterocycles. The minimum Gasteiger partial charge on any atom is -0.458 e. The average Bonchev–Trinajstić information content (AvgIpc) is 3.23. The van der Waals surface area contributed by atoms with Crippen molar-refractivity contribution in [2.24, 2.45) is 0 Å². The van der Waals surface area contributed by atoms with Crippen LogP contribution in [0.25, 0.3) is 16.7 Å². The van der Waals surface area contributed by atoms with E-state index in [4.69, 9.17) is 4.74 Å². The second-order valence-corrected chi connectivity index (χ2v) is 6.86. The molecule has 6 heteroatoms. The molecule has 0 aliphatic heterocycles. The Morgan fingerprint density at radius 1 is 1.07 bits per heavy atom. The maximum atomic E-state index is 13.3. The van der Waals surface area contributed by atoms with Crippen molar-refractivity contribution in [2.45, 2.75) is 26.5 Å². The summed E-state index contributed by atoms with van der Waals surface area (Å²) >= 11 is 0. The van der Waals surface area contributed by atoms with Crippen LogP contribution in [-0.2, 0) is 11.3 Å². The highest BCUT2D eigenvalue weighted by atomic mass is 19.1. The molecule has 5 nitrogen and oxygen atoms in total. The van der Waals surface area contributed by atoms with Gasteiger partial charge in [-0.15, -0.1) is 0 Å². The summed E-state index contributed by atoms with van der Waals surface area (Å²) in [5.74, 6) is -0.658. The van der Waals surface area contributed by atoms with Gasteiger partial charge in [-0.05, 0) is 67.9 Å². The maximum Gasteiger partial charge on any atom is 0.355 e. The van der Waals surface area contributed by atoms with Crippen LogP contribution >= 0.6 is 0 Å². The van der Waals surface area contributed by atoms with Gasteiger partial charge in [-0.1, -0.05) is 0 Å². The third-order valence-electron chi connectivity index (χ3n) is 4.51. The molecule has 0 aliphatic rings. The SMILES string of the molecule is CC(C)OC(=O)c1cc2c(ccn2-c2ccc(F)cc2)n1Cc1ccncc1. The molecule has 0 amide bonds. The molecule has 4 aromatic rings.